The minimum absolute atomic E-state index is 0.730. The van der Waals surface area contributed by atoms with Crippen molar-refractivity contribution in [1.29, 1.82) is 0 Å². The zero-order valence-corrected chi connectivity index (χ0v) is 8.17. The fourth-order valence-corrected chi connectivity index (χ4v) is 2.36. The standard InChI is InChI=1S/C9H19N3/c1-6(2)12-4-7-8(5-12)9(7)11-10-3/h6-11H,4-5H2,1-3H3. The van der Waals surface area contributed by atoms with E-state index in [1.807, 2.05) is 7.05 Å². The molecule has 1 aliphatic heterocycles. The molecule has 2 atom stereocenters. The van der Waals surface area contributed by atoms with Crippen LogP contribution >= 0.6 is 0 Å². The smallest absolute Gasteiger partial charge is 0.0301 e. The zero-order valence-electron chi connectivity index (χ0n) is 8.17. The van der Waals surface area contributed by atoms with Crippen LogP contribution in [0.1, 0.15) is 13.8 Å². The van der Waals surface area contributed by atoms with Crippen LogP contribution < -0.4 is 10.9 Å². The number of likely N-dealkylation sites (tertiary alicyclic amines) is 1. The molecule has 70 valence electrons. The Balaban J connectivity index is 1.78. The predicted molar refractivity (Wildman–Crippen MR) is 49.7 cm³/mol. The van der Waals surface area contributed by atoms with Crippen molar-refractivity contribution >= 4 is 0 Å². The highest BCUT2D eigenvalue weighted by Gasteiger charge is 2.55. The average molecular weight is 169 g/mol. The Morgan fingerprint density at radius 1 is 1.25 bits per heavy atom. The van der Waals surface area contributed by atoms with Gasteiger partial charge in [-0.05, 0) is 32.7 Å². The summed E-state index contributed by atoms with van der Waals surface area (Å²) in [4.78, 5) is 2.57. The molecule has 0 aromatic carbocycles. The molecule has 2 rings (SSSR count). The molecule has 0 spiro atoms. The molecule has 3 nitrogen and oxygen atoms in total. The summed E-state index contributed by atoms with van der Waals surface area (Å²) in [6.07, 6.45) is 0. The van der Waals surface area contributed by atoms with Crippen LogP contribution in [0.3, 0.4) is 0 Å². The number of fused-ring (bicyclic) bond motifs is 1. The number of hydrogen-bond donors (Lipinski definition) is 2. The molecule has 3 heteroatoms. The van der Waals surface area contributed by atoms with Crippen LogP contribution in [0.15, 0.2) is 0 Å². The Morgan fingerprint density at radius 3 is 2.25 bits per heavy atom. The molecule has 0 aromatic heterocycles. The second-order valence-electron chi connectivity index (χ2n) is 4.30. The molecular weight excluding hydrogens is 150 g/mol. The second kappa shape index (κ2) is 2.98. The second-order valence-corrected chi connectivity index (χ2v) is 4.30. The van der Waals surface area contributed by atoms with E-state index in [0.29, 0.717) is 0 Å². The minimum Gasteiger partial charge on any atom is -0.300 e. The Kier molecular flexibility index (Phi) is 2.10. The van der Waals surface area contributed by atoms with Crippen molar-refractivity contribution in [2.45, 2.75) is 25.9 Å². The quantitative estimate of drug-likeness (QED) is 0.585. The van der Waals surface area contributed by atoms with Gasteiger partial charge < -0.3 is 4.90 Å². The van der Waals surface area contributed by atoms with Crippen LogP contribution in [0.2, 0.25) is 0 Å². The van der Waals surface area contributed by atoms with E-state index in [9.17, 15) is 0 Å². The summed E-state index contributed by atoms with van der Waals surface area (Å²) in [5.74, 6) is 1.83. The Bertz CT molecular complexity index is 157. The van der Waals surface area contributed by atoms with Gasteiger partial charge in [-0.1, -0.05) is 0 Å². The lowest BCUT2D eigenvalue weighted by Gasteiger charge is -2.23. The summed E-state index contributed by atoms with van der Waals surface area (Å²) in [5, 5.41) is 0. The van der Waals surface area contributed by atoms with Gasteiger partial charge in [0.1, 0.15) is 0 Å². The van der Waals surface area contributed by atoms with E-state index in [-0.39, 0.29) is 0 Å². The van der Waals surface area contributed by atoms with Gasteiger partial charge in [-0.3, -0.25) is 10.9 Å². The molecule has 1 aliphatic carbocycles. The fraction of sp³-hybridized carbons (Fsp3) is 1.00. The predicted octanol–water partition coefficient (Wildman–Crippen LogP) is 0.0490. The number of hydrogen-bond acceptors (Lipinski definition) is 3. The number of nitrogens with one attached hydrogen (secondary N) is 2. The molecule has 12 heavy (non-hydrogen) atoms. The average Bonchev–Trinajstić information content (AvgIpc) is 2.51. The molecular formula is C9H19N3. The fourth-order valence-electron chi connectivity index (χ4n) is 2.36. The highest BCUT2D eigenvalue weighted by Crippen LogP contribution is 2.45. The van der Waals surface area contributed by atoms with Crippen LogP contribution in [0.5, 0.6) is 0 Å². The molecule has 0 bridgehead atoms. The van der Waals surface area contributed by atoms with Crippen molar-refractivity contribution < 1.29 is 0 Å². The highest BCUT2D eigenvalue weighted by molar-refractivity contribution is 5.09. The van der Waals surface area contributed by atoms with Crippen LogP contribution in [-0.4, -0.2) is 37.1 Å². The first kappa shape index (κ1) is 8.48. The normalized spacial score (nSPS) is 40.5. The molecule has 1 saturated heterocycles. The van der Waals surface area contributed by atoms with E-state index >= 15 is 0 Å². The Hall–Kier alpha value is -0.120. The van der Waals surface area contributed by atoms with E-state index in [4.69, 9.17) is 0 Å². The van der Waals surface area contributed by atoms with E-state index in [1.165, 1.54) is 13.1 Å². The maximum atomic E-state index is 3.30. The molecule has 2 aliphatic rings. The van der Waals surface area contributed by atoms with Crippen LogP contribution in [-0.2, 0) is 0 Å². The van der Waals surface area contributed by atoms with Crippen molar-refractivity contribution in [3.63, 3.8) is 0 Å². The molecule has 2 unspecified atom stereocenters. The first-order chi connectivity index (χ1) is 5.74. The maximum absolute atomic E-state index is 3.30. The van der Waals surface area contributed by atoms with Crippen molar-refractivity contribution in [2.24, 2.45) is 11.8 Å². The third-order valence-electron chi connectivity index (χ3n) is 3.26. The Morgan fingerprint density at radius 2 is 1.83 bits per heavy atom. The SMILES string of the molecule is CNNC1C2CN(C(C)C)CC21. The van der Waals surface area contributed by atoms with Crippen molar-refractivity contribution in [1.82, 2.24) is 15.8 Å². The highest BCUT2D eigenvalue weighted by atomic mass is 15.4. The molecule has 0 amide bonds. The van der Waals surface area contributed by atoms with Gasteiger partial charge in [-0.2, -0.15) is 0 Å². The minimum atomic E-state index is 0.730. The summed E-state index contributed by atoms with van der Waals surface area (Å²) in [5.41, 5.74) is 6.34. The van der Waals surface area contributed by atoms with Crippen molar-refractivity contribution in [2.75, 3.05) is 20.1 Å². The van der Waals surface area contributed by atoms with Gasteiger partial charge in [-0.15, -0.1) is 0 Å². The summed E-state index contributed by atoms with van der Waals surface area (Å²) in [6.45, 7) is 7.15. The monoisotopic (exact) mass is 169 g/mol. The van der Waals surface area contributed by atoms with Crippen molar-refractivity contribution in [3.05, 3.63) is 0 Å². The third-order valence-corrected chi connectivity index (χ3v) is 3.26. The van der Waals surface area contributed by atoms with Crippen LogP contribution in [0.25, 0.3) is 0 Å². The number of nitrogens with zero attached hydrogens (tertiary/aromatic N) is 1. The summed E-state index contributed by atoms with van der Waals surface area (Å²) in [7, 11) is 1.95. The van der Waals surface area contributed by atoms with Gasteiger partial charge in [0, 0.05) is 25.2 Å². The molecule has 1 saturated carbocycles. The van der Waals surface area contributed by atoms with Gasteiger partial charge in [0.15, 0.2) is 0 Å². The largest absolute Gasteiger partial charge is 0.300 e. The topological polar surface area (TPSA) is 27.3 Å². The Labute approximate surface area is 74.5 Å². The van der Waals surface area contributed by atoms with E-state index in [1.54, 1.807) is 0 Å². The van der Waals surface area contributed by atoms with E-state index in [0.717, 1.165) is 23.9 Å². The summed E-state index contributed by atoms with van der Waals surface area (Å²) < 4.78 is 0. The molecule has 0 radical (unpaired) electrons. The third kappa shape index (κ3) is 1.26. The number of rotatable bonds is 3. The van der Waals surface area contributed by atoms with Gasteiger partial charge in [0.2, 0.25) is 0 Å². The number of piperidine rings is 1. The van der Waals surface area contributed by atoms with Gasteiger partial charge in [-0.25, -0.2) is 0 Å². The number of hydrazine groups is 1. The lowest BCUT2D eigenvalue weighted by Crippen LogP contribution is -2.39. The van der Waals surface area contributed by atoms with Crippen LogP contribution in [0.4, 0.5) is 0 Å². The maximum Gasteiger partial charge on any atom is 0.0301 e. The molecule has 2 N–H and O–H groups in total. The van der Waals surface area contributed by atoms with E-state index in [2.05, 4.69) is 29.6 Å². The van der Waals surface area contributed by atoms with Crippen LogP contribution in [0, 0.1) is 11.8 Å². The van der Waals surface area contributed by atoms with Crippen molar-refractivity contribution in [3.8, 4) is 0 Å². The zero-order chi connectivity index (χ0) is 8.72. The van der Waals surface area contributed by atoms with Gasteiger partial charge in [0.25, 0.3) is 0 Å². The van der Waals surface area contributed by atoms with Gasteiger partial charge >= 0.3 is 0 Å². The lowest BCUT2D eigenvalue weighted by molar-refractivity contribution is 0.235. The first-order valence-corrected chi connectivity index (χ1v) is 4.90. The van der Waals surface area contributed by atoms with E-state index < -0.39 is 0 Å². The van der Waals surface area contributed by atoms with Gasteiger partial charge in [0.05, 0.1) is 0 Å². The lowest BCUT2D eigenvalue weighted by atomic mass is 10.3. The molecule has 0 aromatic rings. The first-order valence-electron chi connectivity index (χ1n) is 4.90. The summed E-state index contributed by atoms with van der Waals surface area (Å²) >= 11 is 0. The summed E-state index contributed by atoms with van der Waals surface area (Å²) in [6, 6.07) is 1.48. The molecule has 2 fully saturated rings. The molecule has 1 heterocycles.